The van der Waals surface area contributed by atoms with Crippen LogP contribution in [0.4, 0.5) is 0 Å². The number of imidazole rings is 1. The minimum Gasteiger partial charge on any atom is -0.491 e. The number of rotatable bonds is 8. The first-order valence-electron chi connectivity index (χ1n) is 9.39. The van der Waals surface area contributed by atoms with Crippen LogP contribution in [0.15, 0.2) is 42.5 Å². The molecule has 1 atom stereocenters. The number of nitrogens with one attached hydrogen (secondary N) is 1. The Bertz CT molecular complexity index is 930. The summed E-state index contributed by atoms with van der Waals surface area (Å²) in [5.41, 5.74) is 4.37. The Kier molecular flexibility index (Phi) is 5.79. The van der Waals surface area contributed by atoms with Gasteiger partial charge in [-0.1, -0.05) is 38.1 Å². The molecule has 1 unspecified atom stereocenters. The summed E-state index contributed by atoms with van der Waals surface area (Å²) in [5, 5.41) is 2.80. The van der Waals surface area contributed by atoms with E-state index in [1.165, 1.54) is 11.1 Å². The molecule has 142 valence electrons. The summed E-state index contributed by atoms with van der Waals surface area (Å²) in [6.07, 6.45) is 0.715. The van der Waals surface area contributed by atoms with E-state index in [0.29, 0.717) is 25.5 Å². The van der Waals surface area contributed by atoms with Gasteiger partial charge in [0, 0.05) is 0 Å². The Morgan fingerprint density at radius 2 is 1.96 bits per heavy atom. The second-order valence-electron chi connectivity index (χ2n) is 7.16. The normalized spacial score (nSPS) is 12.3. The van der Waals surface area contributed by atoms with Gasteiger partial charge in [-0.3, -0.25) is 4.79 Å². The summed E-state index contributed by atoms with van der Waals surface area (Å²) in [4.78, 5) is 15.6. The maximum atomic E-state index is 10.9. The van der Waals surface area contributed by atoms with E-state index in [-0.39, 0.29) is 6.04 Å². The van der Waals surface area contributed by atoms with E-state index in [2.05, 4.69) is 48.9 Å². The maximum Gasteiger partial charge on any atom is 0.207 e. The summed E-state index contributed by atoms with van der Waals surface area (Å²) < 4.78 is 8.28. The summed E-state index contributed by atoms with van der Waals surface area (Å²) in [6, 6.07) is 14.2. The van der Waals surface area contributed by atoms with Gasteiger partial charge in [-0.2, -0.15) is 0 Å². The van der Waals surface area contributed by atoms with Crippen molar-refractivity contribution in [3.05, 3.63) is 59.4 Å². The lowest BCUT2D eigenvalue weighted by Gasteiger charge is -2.17. The quantitative estimate of drug-likeness (QED) is 0.604. The number of hydrogen-bond donors (Lipinski definition) is 1. The van der Waals surface area contributed by atoms with Crippen LogP contribution >= 0.6 is 0 Å². The molecule has 0 radical (unpaired) electrons. The molecule has 3 aromatic rings. The predicted molar refractivity (Wildman–Crippen MR) is 108 cm³/mol. The Labute approximate surface area is 160 Å². The zero-order chi connectivity index (χ0) is 19.4. The fraction of sp³-hybridized carbons (Fsp3) is 0.364. The number of ether oxygens (including phenoxy) is 1. The number of hydrogen-bond acceptors (Lipinski definition) is 3. The highest BCUT2D eigenvalue weighted by molar-refractivity contribution is 5.76. The first-order chi connectivity index (χ1) is 13.0. The van der Waals surface area contributed by atoms with Gasteiger partial charge in [-0.05, 0) is 49.1 Å². The number of amides is 1. The van der Waals surface area contributed by atoms with Gasteiger partial charge in [-0.25, -0.2) is 4.98 Å². The van der Waals surface area contributed by atoms with Crippen LogP contribution in [0.3, 0.4) is 0 Å². The first-order valence-corrected chi connectivity index (χ1v) is 9.39. The van der Waals surface area contributed by atoms with E-state index < -0.39 is 0 Å². The third-order valence-electron chi connectivity index (χ3n) is 4.75. The SMILES string of the molecule is Cc1ccc(C(C)C)c(OCCn2c(C(C)NC=O)nc3ccccc32)c1. The lowest BCUT2D eigenvalue weighted by molar-refractivity contribution is -0.110. The fourth-order valence-corrected chi connectivity index (χ4v) is 3.33. The van der Waals surface area contributed by atoms with Crippen molar-refractivity contribution >= 4 is 17.4 Å². The number of aryl methyl sites for hydroxylation is 1. The number of aromatic nitrogens is 2. The predicted octanol–water partition coefficient (Wildman–Crippen LogP) is 4.35. The molecule has 1 aromatic heterocycles. The van der Waals surface area contributed by atoms with Crippen LogP contribution in [0.1, 0.15) is 49.7 Å². The molecule has 0 aliphatic rings. The van der Waals surface area contributed by atoms with Gasteiger partial charge < -0.3 is 14.6 Å². The smallest absolute Gasteiger partial charge is 0.207 e. The highest BCUT2D eigenvalue weighted by Gasteiger charge is 2.16. The molecule has 0 saturated heterocycles. The lowest BCUT2D eigenvalue weighted by atomic mass is 10.0. The molecule has 0 aliphatic heterocycles. The zero-order valence-electron chi connectivity index (χ0n) is 16.4. The molecule has 1 N–H and O–H groups in total. The van der Waals surface area contributed by atoms with Crippen LogP contribution in [0.25, 0.3) is 11.0 Å². The van der Waals surface area contributed by atoms with E-state index >= 15 is 0 Å². The minimum atomic E-state index is -0.167. The van der Waals surface area contributed by atoms with Crippen molar-refractivity contribution in [2.24, 2.45) is 0 Å². The number of para-hydroxylation sites is 2. The van der Waals surface area contributed by atoms with Gasteiger partial charge in [-0.15, -0.1) is 0 Å². The standard InChI is InChI=1S/C22H27N3O2/c1-15(2)18-10-9-16(3)13-21(18)27-12-11-25-20-8-6-5-7-19(20)24-22(25)17(4)23-14-26/h5-10,13-15,17H,11-12H2,1-4H3,(H,23,26). The second kappa shape index (κ2) is 8.25. The van der Waals surface area contributed by atoms with Gasteiger partial charge in [0.05, 0.1) is 23.6 Å². The third-order valence-corrected chi connectivity index (χ3v) is 4.75. The largest absolute Gasteiger partial charge is 0.491 e. The van der Waals surface area contributed by atoms with Crippen molar-refractivity contribution in [3.8, 4) is 5.75 Å². The molecule has 0 aliphatic carbocycles. The van der Waals surface area contributed by atoms with Crippen LogP contribution in [0.5, 0.6) is 5.75 Å². The maximum absolute atomic E-state index is 10.9. The molecule has 2 aromatic carbocycles. The highest BCUT2D eigenvalue weighted by Crippen LogP contribution is 2.28. The number of fused-ring (bicyclic) bond motifs is 1. The van der Waals surface area contributed by atoms with Crippen LogP contribution in [-0.4, -0.2) is 22.6 Å². The molecular formula is C22H27N3O2. The van der Waals surface area contributed by atoms with E-state index in [1.54, 1.807) is 0 Å². The molecule has 0 saturated carbocycles. The average molecular weight is 365 g/mol. The zero-order valence-corrected chi connectivity index (χ0v) is 16.4. The van der Waals surface area contributed by atoms with Crippen molar-refractivity contribution in [2.45, 2.75) is 46.2 Å². The van der Waals surface area contributed by atoms with Crippen molar-refractivity contribution in [1.82, 2.24) is 14.9 Å². The van der Waals surface area contributed by atoms with Gasteiger partial charge in [0.15, 0.2) is 0 Å². The molecule has 0 bridgehead atoms. The van der Waals surface area contributed by atoms with Crippen LogP contribution < -0.4 is 10.1 Å². The molecule has 27 heavy (non-hydrogen) atoms. The topological polar surface area (TPSA) is 56.1 Å². The van der Waals surface area contributed by atoms with Crippen molar-refractivity contribution in [1.29, 1.82) is 0 Å². The van der Waals surface area contributed by atoms with Gasteiger partial charge in [0.1, 0.15) is 18.2 Å². The average Bonchev–Trinajstić information content (AvgIpc) is 3.01. The Hall–Kier alpha value is -2.82. The molecular weight excluding hydrogens is 338 g/mol. The number of benzene rings is 2. The molecule has 0 fully saturated rings. The van der Waals surface area contributed by atoms with Gasteiger partial charge in [0.2, 0.25) is 6.41 Å². The van der Waals surface area contributed by atoms with E-state index in [0.717, 1.165) is 22.6 Å². The Morgan fingerprint density at radius 1 is 1.19 bits per heavy atom. The Morgan fingerprint density at radius 3 is 2.70 bits per heavy atom. The van der Waals surface area contributed by atoms with Crippen molar-refractivity contribution in [2.75, 3.05) is 6.61 Å². The summed E-state index contributed by atoms with van der Waals surface area (Å²) in [7, 11) is 0. The summed E-state index contributed by atoms with van der Waals surface area (Å²) in [5.74, 6) is 2.18. The second-order valence-corrected chi connectivity index (χ2v) is 7.16. The van der Waals surface area contributed by atoms with Crippen LogP contribution in [0, 0.1) is 6.92 Å². The molecule has 5 heteroatoms. The molecule has 1 heterocycles. The van der Waals surface area contributed by atoms with E-state index in [4.69, 9.17) is 9.72 Å². The van der Waals surface area contributed by atoms with Crippen molar-refractivity contribution in [3.63, 3.8) is 0 Å². The van der Waals surface area contributed by atoms with Crippen LogP contribution in [0.2, 0.25) is 0 Å². The number of nitrogens with zero attached hydrogens (tertiary/aromatic N) is 2. The van der Waals surface area contributed by atoms with E-state index in [9.17, 15) is 4.79 Å². The molecule has 3 rings (SSSR count). The molecule has 1 amide bonds. The Balaban J connectivity index is 1.84. The highest BCUT2D eigenvalue weighted by atomic mass is 16.5. The van der Waals surface area contributed by atoms with Crippen LogP contribution in [-0.2, 0) is 11.3 Å². The fourth-order valence-electron chi connectivity index (χ4n) is 3.33. The van der Waals surface area contributed by atoms with Gasteiger partial charge in [0.25, 0.3) is 0 Å². The van der Waals surface area contributed by atoms with Gasteiger partial charge >= 0.3 is 0 Å². The first kappa shape index (κ1) is 19.0. The lowest BCUT2D eigenvalue weighted by Crippen LogP contribution is -2.22. The third kappa shape index (κ3) is 4.13. The van der Waals surface area contributed by atoms with E-state index in [1.807, 2.05) is 31.2 Å². The summed E-state index contributed by atoms with van der Waals surface area (Å²) in [6.45, 7) is 9.55. The molecule has 5 nitrogen and oxygen atoms in total. The summed E-state index contributed by atoms with van der Waals surface area (Å²) >= 11 is 0. The number of carbonyl (C=O) groups is 1. The number of carbonyl (C=O) groups excluding carboxylic acids is 1. The minimum absolute atomic E-state index is 0.167. The molecule has 0 spiro atoms. The van der Waals surface area contributed by atoms with Crippen molar-refractivity contribution < 1.29 is 9.53 Å². The monoisotopic (exact) mass is 365 g/mol.